The lowest BCUT2D eigenvalue weighted by molar-refractivity contribution is -0.131. The van der Waals surface area contributed by atoms with Gasteiger partial charge in [0.2, 0.25) is 5.91 Å². The molecule has 0 aromatic rings. The van der Waals surface area contributed by atoms with Gasteiger partial charge < -0.3 is 15.4 Å². The third kappa shape index (κ3) is 3.34. The van der Waals surface area contributed by atoms with Gasteiger partial charge in [0.05, 0.1) is 6.10 Å². The van der Waals surface area contributed by atoms with E-state index in [-0.39, 0.29) is 0 Å². The van der Waals surface area contributed by atoms with Crippen LogP contribution in [0.1, 0.15) is 51.4 Å². The Morgan fingerprint density at radius 1 is 1.15 bits per heavy atom. The van der Waals surface area contributed by atoms with Crippen molar-refractivity contribution in [3.05, 3.63) is 0 Å². The van der Waals surface area contributed by atoms with Gasteiger partial charge in [-0.3, -0.25) is 4.79 Å². The van der Waals surface area contributed by atoms with Gasteiger partial charge in [-0.25, -0.2) is 0 Å². The molecule has 4 heteroatoms. The number of carbonyl (C=O) groups excluding carboxylic acids is 1. The molecule has 4 atom stereocenters. The van der Waals surface area contributed by atoms with Crippen molar-refractivity contribution in [3.8, 4) is 0 Å². The summed E-state index contributed by atoms with van der Waals surface area (Å²) in [5.74, 6) is 1.71. The maximum absolute atomic E-state index is 12.4. The number of carbonyl (C=O) groups is 1. The Balaban J connectivity index is 1.44. The van der Waals surface area contributed by atoms with Gasteiger partial charge in [0, 0.05) is 32.2 Å². The van der Waals surface area contributed by atoms with Crippen molar-refractivity contribution >= 4 is 5.91 Å². The van der Waals surface area contributed by atoms with Gasteiger partial charge in [-0.1, -0.05) is 0 Å². The Bertz CT molecular complexity index is 341. The summed E-state index contributed by atoms with van der Waals surface area (Å²) < 4.78 is 5.71. The van der Waals surface area contributed by atoms with Crippen molar-refractivity contribution in [1.29, 1.82) is 0 Å². The van der Waals surface area contributed by atoms with E-state index in [0.717, 1.165) is 45.4 Å². The molecule has 20 heavy (non-hydrogen) atoms. The number of nitrogens with zero attached hydrogens (tertiary/aromatic N) is 1. The second-order valence-electron chi connectivity index (χ2n) is 6.92. The molecule has 0 radical (unpaired) electrons. The molecular weight excluding hydrogens is 252 g/mol. The molecule has 3 fully saturated rings. The second kappa shape index (κ2) is 6.44. The molecule has 2 unspecified atom stereocenters. The number of fused-ring (bicyclic) bond motifs is 1. The highest BCUT2D eigenvalue weighted by Gasteiger charge is 2.38. The molecule has 3 aliphatic rings. The van der Waals surface area contributed by atoms with Crippen LogP contribution in [0.25, 0.3) is 0 Å². The van der Waals surface area contributed by atoms with Crippen molar-refractivity contribution in [2.75, 3.05) is 19.7 Å². The minimum Gasteiger partial charge on any atom is -0.378 e. The first kappa shape index (κ1) is 14.3. The van der Waals surface area contributed by atoms with E-state index in [2.05, 4.69) is 4.90 Å². The zero-order valence-electron chi connectivity index (χ0n) is 12.4. The van der Waals surface area contributed by atoms with Crippen LogP contribution < -0.4 is 5.73 Å². The summed E-state index contributed by atoms with van der Waals surface area (Å²) in [5, 5.41) is 0. The van der Waals surface area contributed by atoms with E-state index in [0.29, 0.717) is 36.3 Å². The van der Waals surface area contributed by atoms with Crippen LogP contribution in [0.3, 0.4) is 0 Å². The number of ether oxygens (including phenoxy) is 1. The molecule has 2 saturated heterocycles. The fourth-order valence-electron chi connectivity index (χ4n) is 4.15. The standard InChI is InChI=1S/C16H28N2O2/c17-14-5-4-12-10-18(11-13(12)9-14)16(19)7-6-15-3-1-2-8-20-15/h12-15H,1-11,17H2/t12-,13+,14?,15?/m1/s1. The molecule has 1 aliphatic carbocycles. The number of rotatable bonds is 3. The Kier molecular flexibility index (Phi) is 4.61. The van der Waals surface area contributed by atoms with Crippen LogP contribution in [0, 0.1) is 11.8 Å². The van der Waals surface area contributed by atoms with Crippen molar-refractivity contribution in [3.63, 3.8) is 0 Å². The minimum absolute atomic E-state index is 0.325. The maximum atomic E-state index is 12.4. The summed E-state index contributed by atoms with van der Waals surface area (Å²) in [5.41, 5.74) is 6.05. The van der Waals surface area contributed by atoms with E-state index in [1.807, 2.05) is 0 Å². The van der Waals surface area contributed by atoms with Crippen molar-refractivity contribution in [2.24, 2.45) is 17.6 Å². The number of hydrogen-bond donors (Lipinski definition) is 1. The van der Waals surface area contributed by atoms with Crippen LogP contribution in [-0.2, 0) is 9.53 Å². The molecule has 2 N–H and O–H groups in total. The van der Waals surface area contributed by atoms with Gasteiger partial charge in [-0.05, 0) is 56.8 Å². The summed E-state index contributed by atoms with van der Waals surface area (Å²) in [6.07, 6.45) is 8.92. The summed E-state index contributed by atoms with van der Waals surface area (Å²) >= 11 is 0. The molecule has 3 rings (SSSR count). The lowest BCUT2D eigenvalue weighted by Crippen LogP contribution is -2.32. The Morgan fingerprint density at radius 2 is 2.00 bits per heavy atom. The van der Waals surface area contributed by atoms with Crippen LogP contribution in [0.4, 0.5) is 0 Å². The number of nitrogens with two attached hydrogens (primary N) is 1. The first-order chi connectivity index (χ1) is 9.72. The topological polar surface area (TPSA) is 55.6 Å². The fraction of sp³-hybridized carbons (Fsp3) is 0.938. The number of hydrogen-bond acceptors (Lipinski definition) is 3. The highest BCUT2D eigenvalue weighted by atomic mass is 16.5. The molecule has 0 bridgehead atoms. The molecule has 0 aromatic heterocycles. The van der Waals surface area contributed by atoms with E-state index in [1.54, 1.807) is 0 Å². The van der Waals surface area contributed by atoms with Crippen molar-refractivity contribution in [1.82, 2.24) is 4.90 Å². The minimum atomic E-state index is 0.325. The van der Waals surface area contributed by atoms with Gasteiger partial charge in [0.15, 0.2) is 0 Å². The Labute approximate surface area is 122 Å². The molecule has 1 amide bonds. The molecule has 0 spiro atoms. The molecule has 2 aliphatic heterocycles. The quantitative estimate of drug-likeness (QED) is 0.859. The highest BCUT2D eigenvalue weighted by Crippen LogP contribution is 2.36. The van der Waals surface area contributed by atoms with Gasteiger partial charge >= 0.3 is 0 Å². The normalized spacial score (nSPS) is 37.8. The van der Waals surface area contributed by atoms with Gasteiger partial charge in [-0.15, -0.1) is 0 Å². The van der Waals surface area contributed by atoms with Crippen molar-refractivity contribution < 1.29 is 9.53 Å². The summed E-state index contributed by atoms with van der Waals surface area (Å²) in [6, 6.07) is 0.363. The first-order valence-corrected chi connectivity index (χ1v) is 8.37. The van der Waals surface area contributed by atoms with E-state index in [9.17, 15) is 4.79 Å². The lowest BCUT2D eigenvalue weighted by atomic mass is 9.79. The average Bonchev–Trinajstić information content (AvgIpc) is 2.89. The third-order valence-corrected chi connectivity index (χ3v) is 5.40. The lowest BCUT2D eigenvalue weighted by Gasteiger charge is -2.27. The second-order valence-corrected chi connectivity index (χ2v) is 6.92. The number of amides is 1. The van der Waals surface area contributed by atoms with Crippen LogP contribution >= 0.6 is 0 Å². The molecular formula is C16H28N2O2. The molecule has 4 nitrogen and oxygen atoms in total. The molecule has 0 aromatic carbocycles. The predicted molar refractivity (Wildman–Crippen MR) is 78.2 cm³/mol. The van der Waals surface area contributed by atoms with Crippen LogP contribution in [-0.4, -0.2) is 42.6 Å². The SMILES string of the molecule is NC1CC[C@@H]2CN(C(=O)CCC3CCCCO3)C[C@@H]2C1. The summed E-state index contributed by atoms with van der Waals surface area (Å²) in [4.78, 5) is 14.4. The molecule has 1 saturated carbocycles. The summed E-state index contributed by atoms with van der Waals surface area (Å²) in [7, 11) is 0. The van der Waals surface area contributed by atoms with Crippen LogP contribution in [0.5, 0.6) is 0 Å². The summed E-state index contributed by atoms with van der Waals surface area (Å²) in [6.45, 7) is 2.80. The van der Waals surface area contributed by atoms with E-state index >= 15 is 0 Å². The zero-order chi connectivity index (χ0) is 13.9. The van der Waals surface area contributed by atoms with E-state index in [4.69, 9.17) is 10.5 Å². The van der Waals surface area contributed by atoms with Crippen molar-refractivity contribution in [2.45, 2.75) is 63.5 Å². The van der Waals surface area contributed by atoms with Gasteiger partial charge in [0.25, 0.3) is 0 Å². The Morgan fingerprint density at radius 3 is 2.80 bits per heavy atom. The number of likely N-dealkylation sites (tertiary alicyclic amines) is 1. The predicted octanol–water partition coefficient (Wildman–Crippen LogP) is 1.92. The molecule has 2 heterocycles. The average molecular weight is 280 g/mol. The Hall–Kier alpha value is -0.610. The van der Waals surface area contributed by atoms with E-state index in [1.165, 1.54) is 19.3 Å². The van der Waals surface area contributed by atoms with E-state index < -0.39 is 0 Å². The smallest absolute Gasteiger partial charge is 0.222 e. The van der Waals surface area contributed by atoms with Crippen LogP contribution in [0.2, 0.25) is 0 Å². The zero-order valence-corrected chi connectivity index (χ0v) is 12.4. The monoisotopic (exact) mass is 280 g/mol. The first-order valence-electron chi connectivity index (χ1n) is 8.37. The van der Waals surface area contributed by atoms with Crippen LogP contribution in [0.15, 0.2) is 0 Å². The van der Waals surface area contributed by atoms with Gasteiger partial charge in [-0.2, -0.15) is 0 Å². The highest BCUT2D eigenvalue weighted by molar-refractivity contribution is 5.76. The van der Waals surface area contributed by atoms with Gasteiger partial charge in [0.1, 0.15) is 0 Å². The fourth-order valence-corrected chi connectivity index (χ4v) is 4.15. The molecule has 114 valence electrons. The third-order valence-electron chi connectivity index (χ3n) is 5.40. The maximum Gasteiger partial charge on any atom is 0.222 e. The largest absolute Gasteiger partial charge is 0.378 e.